The summed E-state index contributed by atoms with van der Waals surface area (Å²) in [6, 6.07) is 10.6. The second-order valence-corrected chi connectivity index (χ2v) is 4.04. The SMILES string of the molecule is CCNC(c1ccc(C)cc1)c1ccncn1. The average Bonchev–Trinajstić information content (AvgIpc) is 2.38. The third-order valence-electron chi connectivity index (χ3n) is 2.72. The number of hydrogen-bond acceptors (Lipinski definition) is 3. The first kappa shape index (κ1) is 11.7. The Hall–Kier alpha value is -1.74. The van der Waals surface area contributed by atoms with Gasteiger partial charge in [0.05, 0.1) is 11.7 Å². The number of aryl methyl sites for hydroxylation is 1. The van der Waals surface area contributed by atoms with Crippen LogP contribution in [0, 0.1) is 6.92 Å². The summed E-state index contributed by atoms with van der Waals surface area (Å²) >= 11 is 0. The summed E-state index contributed by atoms with van der Waals surface area (Å²) in [4.78, 5) is 8.28. The van der Waals surface area contributed by atoms with Crippen molar-refractivity contribution in [2.75, 3.05) is 6.54 Å². The van der Waals surface area contributed by atoms with Crippen molar-refractivity contribution < 1.29 is 0 Å². The molecule has 0 saturated carbocycles. The number of nitrogens with zero attached hydrogens (tertiary/aromatic N) is 2. The van der Waals surface area contributed by atoms with Gasteiger partial charge in [-0.25, -0.2) is 9.97 Å². The first-order valence-corrected chi connectivity index (χ1v) is 5.87. The van der Waals surface area contributed by atoms with Crippen molar-refractivity contribution in [3.63, 3.8) is 0 Å². The van der Waals surface area contributed by atoms with Crippen molar-refractivity contribution in [1.82, 2.24) is 15.3 Å². The molecule has 0 aliphatic rings. The Morgan fingerprint density at radius 3 is 2.53 bits per heavy atom. The van der Waals surface area contributed by atoms with E-state index in [9.17, 15) is 0 Å². The minimum absolute atomic E-state index is 0.142. The Morgan fingerprint density at radius 2 is 1.94 bits per heavy atom. The van der Waals surface area contributed by atoms with Gasteiger partial charge in [-0.05, 0) is 25.1 Å². The van der Waals surface area contributed by atoms with Crippen LogP contribution >= 0.6 is 0 Å². The minimum Gasteiger partial charge on any atom is -0.305 e. The van der Waals surface area contributed by atoms with E-state index in [1.165, 1.54) is 11.1 Å². The highest BCUT2D eigenvalue weighted by Gasteiger charge is 2.13. The second kappa shape index (κ2) is 5.55. The third-order valence-corrected chi connectivity index (χ3v) is 2.72. The molecule has 1 aromatic heterocycles. The van der Waals surface area contributed by atoms with Crippen molar-refractivity contribution in [2.45, 2.75) is 19.9 Å². The first-order chi connectivity index (χ1) is 8.31. The van der Waals surface area contributed by atoms with E-state index in [1.807, 2.05) is 6.07 Å². The van der Waals surface area contributed by atoms with Gasteiger partial charge in [-0.1, -0.05) is 36.8 Å². The topological polar surface area (TPSA) is 37.8 Å². The van der Waals surface area contributed by atoms with Gasteiger partial charge in [-0.2, -0.15) is 0 Å². The van der Waals surface area contributed by atoms with Crippen LogP contribution in [0.15, 0.2) is 42.9 Å². The number of nitrogens with one attached hydrogen (secondary N) is 1. The average molecular weight is 227 g/mol. The maximum Gasteiger partial charge on any atom is 0.115 e. The van der Waals surface area contributed by atoms with Crippen LogP contribution in [-0.2, 0) is 0 Å². The number of hydrogen-bond donors (Lipinski definition) is 1. The monoisotopic (exact) mass is 227 g/mol. The Balaban J connectivity index is 2.32. The molecular weight excluding hydrogens is 210 g/mol. The molecule has 3 heteroatoms. The second-order valence-electron chi connectivity index (χ2n) is 4.04. The number of aromatic nitrogens is 2. The zero-order valence-electron chi connectivity index (χ0n) is 10.2. The molecule has 88 valence electrons. The molecule has 1 atom stereocenters. The summed E-state index contributed by atoms with van der Waals surface area (Å²) < 4.78 is 0. The highest BCUT2D eigenvalue weighted by molar-refractivity contribution is 5.29. The summed E-state index contributed by atoms with van der Waals surface area (Å²) in [5.74, 6) is 0. The Kier molecular flexibility index (Phi) is 3.83. The molecule has 2 rings (SSSR count). The molecule has 17 heavy (non-hydrogen) atoms. The molecule has 0 aliphatic heterocycles. The lowest BCUT2D eigenvalue weighted by atomic mass is 10.0. The number of rotatable bonds is 4. The van der Waals surface area contributed by atoms with E-state index in [-0.39, 0.29) is 6.04 Å². The minimum atomic E-state index is 0.142. The molecule has 0 bridgehead atoms. The van der Waals surface area contributed by atoms with Gasteiger partial charge in [0, 0.05) is 6.20 Å². The summed E-state index contributed by atoms with van der Waals surface area (Å²) in [7, 11) is 0. The van der Waals surface area contributed by atoms with Crippen LogP contribution in [0.5, 0.6) is 0 Å². The van der Waals surface area contributed by atoms with E-state index in [1.54, 1.807) is 12.5 Å². The summed E-state index contributed by atoms with van der Waals surface area (Å²) in [5.41, 5.74) is 3.51. The summed E-state index contributed by atoms with van der Waals surface area (Å²) in [5, 5.41) is 3.44. The predicted octanol–water partition coefficient (Wildman–Crippen LogP) is 2.48. The van der Waals surface area contributed by atoms with Gasteiger partial charge in [0.15, 0.2) is 0 Å². The molecule has 0 spiro atoms. The lowest BCUT2D eigenvalue weighted by Crippen LogP contribution is -2.22. The molecule has 1 aromatic carbocycles. The molecule has 3 nitrogen and oxygen atoms in total. The maximum absolute atomic E-state index is 4.32. The third kappa shape index (κ3) is 2.88. The summed E-state index contributed by atoms with van der Waals surface area (Å²) in [6.45, 7) is 5.10. The van der Waals surface area contributed by atoms with Crippen LogP contribution in [0.25, 0.3) is 0 Å². The fourth-order valence-corrected chi connectivity index (χ4v) is 1.83. The van der Waals surface area contributed by atoms with Gasteiger partial charge in [-0.15, -0.1) is 0 Å². The van der Waals surface area contributed by atoms with Gasteiger partial charge in [-0.3, -0.25) is 0 Å². The van der Waals surface area contributed by atoms with Gasteiger partial charge in [0.25, 0.3) is 0 Å². The molecule has 0 radical (unpaired) electrons. The zero-order chi connectivity index (χ0) is 12.1. The quantitative estimate of drug-likeness (QED) is 0.872. The van der Waals surface area contributed by atoms with Gasteiger partial charge in [0.1, 0.15) is 6.33 Å². The highest BCUT2D eigenvalue weighted by Crippen LogP contribution is 2.19. The molecule has 1 heterocycles. The molecular formula is C14H17N3. The lowest BCUT2D eigenvalue weighted by Gasteiger charge is -2.17. The molecule has 0 amide bonds. The fraction of sp³-hybridized carbons (Fsp3) is 0.286. The number of benzene rings is 1. The Bertz CT molecular complexity index is 451. The summed E-state index contributed by atoms with van der Waals surface area (Å²) in [6.07, 6.45) is 3.37. The van der Waals surface area contributed by atoms with E-state index in [0.717, 1.165) is 12.2 Å². The predicted molar refractivity (Wildman–Crippen MR) is 68.7 cm³/mol. The van der Waals surface area contributed by atoms with Crippen LogP contribution in [0.3, 0.4) is 0 Å². The van der Waals surface area contributed by atoms with Crippen molar-refractivity contribution in [1.29, 1.82) is 0 Å². The van der Waals surface area contributed by atoms with E-state index < -0.39 is 0 Å². The van der Waals surface area contributed by atoms with Gasteiger partial charge in [0.2, 0.25) is 0 Å². The standard InChI is InChI=1S/C14H17N3/c1-3-16-14(13-8-9-15-10-17-13)12-6-4-11(2)5-7-12/h4-10,14,16H,3H2,1-2H3. The Labute approximate surface area is 102 Å². The van der Waals surface area contributed by atoms with Crippen molar-refractivity contribution in [3.05, 3.63) is 59.7 Å². The molecule has 1 N–H and O–H groups in total. The molecule has 0 fully saturated rings. The van der Waals surface area contributed by atoms with Crippen LogP contribution < -0.4 is 5.32 Å². The van der Waals surface area contributed by atoms with Crippen LogP contribution in [0.4, 0.5) is 0 Å². The smallest absolute Gasteiger partial charge is 0.115 e. The zero-order valence-corrected chi connectivity index (χ0v) is 10.2. The normalized spacial score (nSPS) is 12.4. The van der Waals surface area contributed by atoms with Crippen molar-refractivity contribution >= 4 is 0 Å². The van der Waals surface area contributed by atoms with Crippen LogP contribution in [-0.4, -0.2) is 16.5 Å². The molecule has 0 saturated heterocycles. The first-order valence-electron chi connectivity index (χ1n) is 5.87. The van der Waals surface area contributed by atoms with E-state index >= 15 is 0 Å². The van der Waals surface area contributed by atoms with Gasteiger partial charge < -0.3 is 5.32 Å². The van der Waals surface area contributed by atoms with E-state index in [2.05, 4.69) is 53.4 Å². The molecule has 2 aromatic rings. The Morgan fingerprint density at radius 1 is 1.18 bits per heavy atom. The van der Waals surface area contributed by atoms with E-state index in [0.29, 0.717) is 0 Å². The fourth-order valence-electron chi connectivity index (χ4n) is 1.83. The van der Waals surface area contributed by atoms with Crippen molar-refractivity contribution in [3.8, 4) is 0 Å². The lowest BCUT2D eigenvalue weighted by molar-refractivity contribution is 0.613. The van der Waals surface area contributed by atoms with E-state index in [4.69, 9.17) is 0 Å². The van der Waals surface area contributed by atoms with Crippen molar-refractivity contribution in [2.24, 2.45) is 0 Å². The highest BCUT2D eigenvalue weighted by atomic mass is 14.9. The largest absolute Gasteiger partial charge is 0.305 e. The van der Waals surface area contributed by atoms with Crippen LogP contribution in [0.2, 0.25) is 0 Å². The maximum atomic E-state index is 4.32. The molecule has 0 aliphatic carbocycles. The molecule has 1 unspecified atom stereocenters. The van der Waals surface area contributed by atoms with Crippen LogP contribution in [0.1, 0.15) is 29.8 Å². The van der Waals surface area contributed by atoms with Gasteiger partial charge >= 0.3 is 0 Å².